The van der Waals surface area contributed by atoms with Crippen LogP contribution in [0.25, 0.3) is 0 Å². The molecule has 5 nitrogen and oxygen atoms in total. The molecule has 0 fully saturated rings. The third-order valence-corrected chi connectivity index (χ3v) is 6.90. The molecule has 21 heavy (non-hydrogen) atoms. The second kappa shape index (κ2) is 5.37. The number of sulfonamides is 2. The van der Waals surface area contributed by atoms with Crippen molar-refractivity contribution in [3.05, 3.63) is 35.9 Å². The number of alkyl halides is 5. The number of halogens is 5. The van der Waals surface area contributed by atoms with Crippen LogP contribution < -0.4 is 0 Å². The normalized spacial score (nSPS) is 14.4. The lowest BCUT2D eigenvalue weighted by Crippen LogP contribution is -2.44. The summed E-state index contributed by atoms with van der Waals surface area (Å²) in [6.07, 6.45) is 0. The molecule has 0 saturated heterocycles. The molecule has 0 heterocycles. The minimum absolute atomic E-state index is 0.610. The molecule has 1 aromatic carbocycles. The Morgan fingerprint density at radius 1 is 0.857 bits per heavy atom. The van der Waals surface area contributed by atoms with E-state index >= 15 is 0 Å². The lowest BCUT2D eigenvalue weighted by atomic mass is 10.2. The molecule has 0 saturated carbocycles. The molecule has 0 bridgehead atoms. The molecule has 0 aliphatic heterocycles. The van der Waals surface area contributed by atoms with Crippen molar-refractivity contribution in [2.75, 3.05) is 0 Å². The quantitative estimate of drug-likeness (QED) is 0.650. The maximum Gasteiger partial charge on any atom is 0.513 e. The van der Waals surface area contributed by atoms with Crippen LogP contribution in [0, 0.1) is 0 Å². The number of hydrogen-bond donors (Lipinski definition) is 1. The Labute approximate surface area is 122 Å². The SMILES string of the molecule is O=S(=O)(N(S)S(=O)(=O)C(F)(F)c1ccccc1)C(F)(F)F. The fourth-order valence-electron chi connectivity index (χ4n) is 1.10. The van der Waals surface area contributed by atoms with Gasteiger partial charge in [-0.05, 0) is 3.12 Å². The fraction of sp³-hybridized carbons (Fsp3) is 0.250. The maximum absolute atomic E-state index is 13.8. The van der Waals surface area contributed by atoms with Gasteiger partial charge in [0.05, 0.1) is 0 Å². The summed E-state index contributed by atoms with van der Waals surface area (Å²) in [7, 11) is -12.9. The molecule has 13 heteroatoms. The first-order chi connectivity index (χ1) is 9.26. The second-order valence-electron chi connectivity index (χ2n) is 3.52. The summed E-state index contributed by atoms with van der Waals surface area (Å²) in [5.41, 5.74) is -7.31. The summed E-state index contributed by atoms with van der Waals surface area (Å²) in [6, 6.07) is 4.47. The molecule has 120 valence electrons. The predicted octanol–water partition coefficient (Wildman–Crippen LogP) is 2.06. The summed E-state index contributed by atoms with van der Waals surface area (Å²) < 4.78 is 107. The Morgan fingerprint density at radius 3 is 1.67 bits per heavy atom. The highest BCUT2D eigenvalue weighted by Crippen LogP contribution is 2.41. The molecular weight excluding hydrogens is 365 g/mol. The Morgan fingerprint density at radius 2 is 1.29 bits per heavy atom. The van der Waals surface area contributed by atoms with Gasteiger partial charge in [0.25, 0.3) is 0 Å². The molecule has 0 spiro atoms. The molecule has 0 aliphatic carbocycles. The third-order valence-electron chi connectivity index (χ3n) is 2.14. The first-order valence-electron chi connectivity index (χ1n) is 4.75. The fourth-order valence-corrected chi connectivity index (χ4v) is 4.06. The average Bonchev–Trinajstić information content (AvgIpc) is 2.37. The summed E-state index contributed by atoms with van der Waals surface area (Å²) in [4.78, 5) is 0. The maximum atomic E-state index is 13.8. The van der Waals surface area contributed by atoms with E-state index in [1.807, 2.05) is 0 Å². The van der Waals surface area contributed by atoms with Crippen molar-refractivity contribution in [1.29, 1.82) is 0 Å². The molecular formula is C8H6F5NO4S3. The van der Waals surface area contributed by atoms with Crippen molar-refractivity contribution in [3.63, 3.8) is 0 Å². The van der Waals surface area contributed by atoms with Gasteiger partial charge < -0.3 is 0 Å². The minimum atomic E-state index is -6.60. The number of benzene rings is 1. The Bertz CT molecular complexity index is 714. The highest BCUT2D eigenvalue weighted by Gasteiger charge is 2.60. The van der Waals surface area contributed by atoms with Crippen LogP contribution in [-0.2, 0) is 25.3 Å². The third kappa shape index (κ3) is 3.00. The molecule has 0 amide bonds. The van der Waals surface area contributed by atoms with Gasteiger partial charge in [-0.15, -0.1) is 0 Å². The standard InChI is InChI=1S/C8H6F5NO4S3/c9-7(10,6-4-2-1-3-5-6)20(15,16)14(19)21(17,18)8(11,12)13/h1-5,19H. The summed E-state index contributed by atoms with van der Waals surface area (Å²) in [6.45, 7) is 0. The highest BCUT2D eigenvalue weighted by molar-refractivity contribution is 8.15. The average molecular weight is 371 g/mol. The van der Waals surface area contributed by atoms with Gasteiger partial charge in [0.15, 0.2) is 0 Å². The van der Waals surface area contributed by atoms with E-state index in [1.165, 1.54) is 6.07 Å². The summed E-state index contributed by atoms with van der Waals surface area (Å²) >= 11 is 2.59. The van der Waals surface area contributed by atoms with E-state index in [2.05, 4.69) is 12.8 Å². The largest absolute Gasteiger partial charge is 0.513 e. The molecule has 0 unspecified atom stereocenters. The van der Waals surface area contributed by atoms with Gasteiger partial charge >= 0.3 is 30.8 Å². The van der Waals surface area contributed by atoms with Crippen LogP contribution in [0.15, 0.2) is 30.3 Å². The van der Waals surface area contributed by atoms with Crippen molar-refractivity contribution < 1.29 is 38.8 Å². The topological polar surface area (TPSA) is 71.5 Å². The van der Waals surface area contributed by atoms with E-state index in [0.717, 1.165) is 12.1 Å². The van der Waals surface area contributed by atoms with Crippen LogP contribution in [0.3, 0.4) is 0 Å². The van der Waals surface area contributed by atoms with Gasteiger partial charge in [-0.25, -0.2) is 16.8 Å². The molecule has 0 aliphatic rings. The molecule has 1 aromatic rings. The smallest absolute Gasteiger partial charge is 0.204 e. The van der Waals surface area contributed by atoms with E-state index in [1.54, 1.807) is 0 Å². The van der Waals surface area contributed by atoms with Gasteiger partial charge in [0, 0.05) is 5.56 Å². The second-order valence-corrected chi connectivity index (χ2v) is 8.30. The van der Waals surface area contributed by atoms with Crippen LogP contribution in [0.4, 0.5) is 22.0 Å². The van der Waals surface area contributed by atoms with Gasteiger partial charge in [0.1, 0.15) is 0 Å². The lowest BCUT2D eigenvalue weighted by Gasteiger charge is -2.23. The van der Waals surface area contributed by atoms with Gasteiger partial charge in [0.2, 0.25) is 0 Å². The van der Waals surface area contributed by atoms with E-state index in [-0.39, 0.29) is 0 Å². The van der Waals surface area contributed by atoms with E-state index in [9.17, 15) is 38.8 Å². The van der Waals surface area contributed by atoms with E-state index in [4.69, 9.17) is 0 Å². The predicted molar refractivity (Wildman–Crippen MR) is 65.1 cm³/mol. The molecule has 0 aromatic heterocycles. The zero-order chi connectivity index (χ0) is 16.7. The Hall–Kier alpha value is -0.920. The monoisotopic (exact) mass is 371 g/mol. The first kappa shape index (κ1) is 18.1. The van der Waals surface area contributed by atoms with Crippen molar-refractivity contribution in [2.24, 2.45) is 0 Å². The van der Waals surface area contributed by atoms with E-state index < -0.39 is 39.5 Å². The molecule has 0 radical (unpaired) electrons. The van der Waals surface area contributed by atoms with Crippen LogP contribution in [-0.4, -0.2) is 25.5 Å². The van der Waals surface area contributed by atoms with Crippen molar-refractivity contribution in [3.8, 4) is 0 Å². The lowest BCUT2D eigenvalue weighted by molar-refractivity contribution is -0.0456. The summed E-state index contributed by atoms with van der Waals surface area (Å²) in [5, 5.41) is -4.92. The van der Waals surface area contributed by atoms with Gasteiger partial charge in [-0.1, -0.05) is 43.1 Å². The van der Waals surface area contributed by atoms with E-state index in [0.29, 0.717) is 12.1 Å². The number of nitrogens with zero attached hydrogens (tertiary/aromatic N) is 1. The molecule has 0 N–H and O–H groups in total. The van der Waals surface area contributed by atoms with Crippen LogP contribution in [0.2, 0.25) is 0 Å². The summed E-state index contributed by atoms with van der Waals surface area (Å²) in [5.74, 6) is 0. The van der Waals surface area contributed by atoms with Crippen molar-refractivity contribution in [1.82, 2.24) is 3.12 Å². The zero-order valence-corrected chi connectivity index (χ0v) is 12.1. The van der Waals surface area contributed by atoms with Crippen LogP contribution >= 0.6 is 12.8 Å². The van der Waals surface area contributed by atoms with Crippen LogP contribution in [0.1, 0.15) is 5.56 Å². The number of hydrogen-bond acceptors (Lipinski definition) is 5. The van der Waals surface area contributed by atoms with Crippen molar-refractivity contribution >= 4 is 32.9 Å². The van der Waals surface area contributed by atoms with Gasteiger partial charge in [-0.3, -0.25) is 0 Å². The molecule has 0 atom stereocenters. The van der Waals surface area contributed by atoms with Crippen LogP contribution in [0.5, 0.6) is 0 Å². The molecule has 1 rings (SSSR count). The number of rotatable bonds is 4. The Kier molecular flexibility index (Phi) is 4.64. The first-order valence-corrected chi connectivity index (χ1v) is 8.03. The van der Waals surface area contributed by atoms with Gasteiger partial charge in [-0.2, -0.15) is 22.0 Å². The van der Waals surface area contributed by atoms with Crippen molar-refractivity contribution in [2.45, 2.75) is 10.8 Å². The highest BCUT2D eigenvalue weighted by atomic mass is 32.3. The Balaban J connectivity index is 3.42. The number of thiol groups is 1. The minimum Gasteiger partial charge on any atom is -0.204 e. The zero-order valence-electron chi connectivity index (χ0n) is 9.62.